The molecule has 4 rings (SSSR count). The van der Waals surface area contributed by atoms with Gasteiger partial charge in [0.15, 0.2) is 17.3 Å². The number of carbonyl (C=O) groups is 5. The van der Waals surface area contributed by atoms with Gasteiger partial charge in [0.2, 0.25) is 11.8 Å². The van der Waals surface area contributed by atoms with Crippen LogP contribution >= 0.6 is 0 Å². The maximum Gasteiger partial charge on any atom is 0.264 e. The summed E-state index contributed by atoms with van der Waals surface area (Å²) in [5.41, 5.74) is -0.772. The minimum absolute atomic E-state index is 0.0192. The summed E-state index contributed by atoms with van der Waals surface area (Å²) in [7, 11) is 8.36. The van der Waals surface area contributed by atoms with E-state index in [1.165, 1.54) is 14.0 Å². The quantitative estimate of drug-likeness (QED) is 0.276. The van der Waals surface area contributed by atoms with Crippen LogP contribution in [0.25, 0.3) is 5.76 Å². The molecule has 250 valence electrons. The molecule has 0 aromatic heterocycles. The second-order valence-corrected chi connectivity index (χ2v) is 13.9. The first-order valence-electron chi connectivity index (χ1n) is 15.2. The highest BCUT2D eigenvalue weighted by molar-refractivity contribution is 6.26. The molecule has 5 N–H and O–H groups in total. The van der Waals surface area contributed by atoms with Gasteiger partial charge in [-0.3, -0.25) is 34.2 Å². The Bertz CT molecular complexity index is 1580. The number of aliphatic hydroxyl groups excluding tert-OH is 2. The minimum atomic E-state index is -1.77. The predicted molar refractivity (Wildman–Crippen MR) is 173 cm³/mol. The lowest BCUT2D eigenvalue weighted by atomic mass is 9.53. The highest BCUT2D eigenvalue weighted by Gasteiger charge is 2.62. The van der Waals surface area contributed by atoms with Gasteiger partial charge in [-0.05, 0) is 72.2 Å². The molecule has 0 unspecified atom stereocenters. The van der Waals surface area contributed by atoms with Gasteiger partial charge < -0.3 is 30.5 Å². The third-order valence-electron chi connectivity index (χ3n) is 9.15. The molecule has 0 aliphatic heterocycles. The van der Waals surface area contributed by atoms with Gasteiger partial charge in [-0.2, -0.15) is 0 Å². The number of nitrogens with zero attached hydrogens (tertiary/aromatic N) is 2. The van der Waals surface area contributed by atoms with Crippen molar-refractivity contribution in [2.45, 2.75) is 59.0 Å². The van der Waals surface area contributed by atoms with E-state index < -0.39 is 58.0 Å². The van der Waals surface area contributed by atoms with E-state index >= 15 is 0 Å². The lowest BCUT2D eigenvalue weighted by Crippen LogP contribution is -2.61. The van der Waals surface area contributed by atoms with Crippen LogP contribution in [0.1, 0.15) is 52.2 Å². The number of likely N-dealkylation sites (N-methyl/N-ethyl adjacent to an activating group) is 1. The number of aliphatic hydroxyl groups is 2. The molecular weight excluding hydrogens is 594 g/mol. The summed E-state index contributed by atoms with van der Waals surface area (Å²) < 4.78 is 5.76. The molecule has 0 heterocycles. The van der Waals surface area contributed by atoms with E-state index in [1.54, 1.807) is 25.1 Å². The average Bonchev–Trinajstić information content (AvgIpc) is 2.92. The molecule has 1 aromatic rings. The van der Waals surface area contributed by atoms with Crippen molar-refractivity contribution < 1.29 is 38.9 Å². The Morgan fingerprint density at radius 3 is 2.26 bits per heavy atom. The minimum Gasteiger partial charge on any atom is -0.510 e. The molecule has 1 saturated carbocycles. The van der Waals surface area contributed by atoms with Crippen molar-refractivity contribution in [1.82, 2.24) is 15.5 Å². The number of amides is 3. The summed E-state index contributed by atoms with van der Waals surface area (Å²) in [6, 6.07) is 0.797. The maximum atomic E-state index is 14.6. The first-order chi connectivity index (χ1) is 21.3. The van der Waals surface area contributed by atoms with Crippen LogP contribution in [-0.4, -0.2) is 97.8 Å². The van der Waals surface area contributed by atoms with Crippen molar-refractivity contribution in [2.24, 2.45) is 17.3 Å². The topological polar surface area (TPSA) is 178 Å². The highest BCUT2D eigenvalue weighted by Crippen LogP contribution is 2.58. The molecule has 46 heavy (non-hydrogen) atoms. The van der Waals surface area contributed by atoms with Gasteiger partial charge in [-0.25, -0.2) is 0 Å². The summed E-state index contributed by atoms with van der Waals surface area (Å²) in [4.78, 5) is 69.4. The van der Waals surface area contributed by atoms with E-state index in [9.17, 15) is 34.2 Å². The van der Waals surface area contributed by atoms with Crippen LogP contribution in [0.5, 0.6) is 5.75 Å². The SMILES string of the molecule is COc1c(NC(=O)CNC(C)(C)C)cc(N(C)C)c2c1C(O)=C1C(=O)[C@]3(C)C(O)=C(C(=O)NC(C)=O)C(=O)[C@@H](N(C)C)[C@@H]3C[C@@H]1C2. The van der Waals surface area contributed by atoms with E-state index in [2.05, 4.69) is 10.6 Å². The number of hydrogen-bond acceptors (Lipinski definition) is 11. The van der Waals surface area contributed by atoms with Crippen molar-refractivity contribution in [2.75, 3.05) is 52.1 Å². The zero-order chi connectivity index (χ0) is 34.6. The number of ketones is 2. The van der Waals surface area contributed by atoms with Gasteiger partial charge >= 0.3 is 0 Å². The number of imide groups is 1. The largest absolute Gasteiger partial charge is 0.510 e. The van der Waals surface area contributed by atoms with Crippen LogP contribution in [0.3, 0.4) is 0 Å². The Morgan fingerprint density at radius 2 is 1.74 bits per heavy atom. The number of anilines is 2. The number of ether oxygens (including phenoxy) is 1. The number of benzene rings is 1. The molecule has 1 aromatic carbocycles. The summed E-state index contributed by atoms with van der Waals surface area (Å²) in [6.07, 6.45) is 0.528. The van der Waals surface area contributed by atoms with Crippen LogP contribution in [0.2, 0.25) is 0 Å². The third kappa shape index (κ3) is 5.77. The molecule has 3 amide bonds. The first-order valence-corrected chi connectivity index (χ1v) is 15.2. The van der Waals surface area contributed by atoms with Crippen molar-refractivity contribution in [3.8, 4) is 5.75 Å². The number of allylic oxidation sites excluding steroid dienone is 2. The lowest BCUT2D eigenvalue weighted by Gasteiger charge is -2.51. The smallest absolute Gasteiger partial charge is 0.264 e. The normalized spacial score (nSPS) is 24.3. The summed E-state index contributed by atoms with van der Waals surface area (Å²) in [5.74, 6) is -5.71. The zero-order valence-corrected chi connectivity index (χ0v) is 28.2. The molecule has 13 nitrogen and oxygen atoms in total. The van der Waals surface area contributed by atoms with Crippen LogP contribution in [0.15, 0.2) is 23.0 Å². The van der Waals surface area contributed by atoms with Crippen molar-refractivity contribution >= 4 is 46.4 Å². The third-order valence-corrected chi connectivity index (χ3v) is 9.15. The molecule has 1 fully saturated rings. The van der Waals surface area contributed by atoms with Gasteiger partial charge in [0.1, 0.15) is 17.1 Å². The van der Waals surface area contributed by atoms with E-state index in [4.69, 9.17) is 4.74 Å². The fraction of sp³-hybridized carbons (Fsp3) is 0.545. The standard InChI is InChI=1S/C33H45N5O8/c1-15(39)35-31(45)24-27(42)25(38(8)9)18-12-16-11-17-20(37(6)7)13-19(36-21(40)14-34-32(2,3)4)28(46-10)23(17)26(41)22(16)29(43)33(18,5)30(24)44/h13,16,18,25,34,41,44H,11-12,14H2,1-10H3,(H,36,40)(H,35,39,45)/t16-,18-,25-,33+/m0/s1. The van der Waals surface area contributed by atoms with E-state index in [0.717, 1.165) is 6.92 Å². The number of fused-ring (bicyclic) bond motifs is 3. The van der Waals surface area contributed by atoms with E-state index in [-0.39, 0.29) is 47.1 Å². The molecule has 4 atom stereocenters. The fourth-order valence-corrected chi connectivity index (χ4v) is 7.02. The van der Waals surface area contributed by atoms with Gasteiger partial charge in [0, 0.05) is 43.7 Å². The van der Waals surface area contributed by atoms with Crippen molar-refractivity contribution in [3.63, 3.8) is 0 Å². The van der Waals surface area contributed by atoms with E-state index in [1.807, 2.05) is 45.1 Å². The molecule has 3 aliphatic rings. The molecule has 0 spiro atoms. The van der Waals surface area contributed by atoms with E-state index in [0.29, 0.717) is 23.4 Å². The predicted octanol–water partition coefficient (Wildman–Crippen LogP) is 2.11. The molecule has 3 aliphatic carbocycles. The number of methoxy groups -OCH3 is 1. The number of rotatable bonds is 7. The molecular formula is C33H45N5O8. The maximum absolute atomic E-state index is 14.6. The van der Waals surface area contributed by atoms with Gasteiger partial charge in [-0.1, -0.05) is 0 Å². The average molecular weight is 640 g/mol. The van der Waals surface area contributed by atoms with Crippen LogP contribution in [-0.2, 0) is 30.4 Å². The summed E-state index contributed by atoms with van der Waals surface area (Å²) in [6.45, 7) is 8.39. The van der Waals surface area contributed by atoms with Crippen molar-refractivity contribution in [1.29, 1.82) is 0 Å². The second-order valence-electron chi connectivity index (χ2n) is 13.9. The molecule has 0 saturated heterocycles. The zero-order valence-electron chi connectivity index (χ0n) is 28.2. The van der Waals surface area contributed by atoms with Crippen LogP contribution in [0, 0.1) is 17.3 Å². The van der Waals surface area contributed by atoms with Gasteiger partial charge in [-0.15, -0.1) is 0 Å². The van der Waals surface area contributed by atoms with Crippen LogP contribution < -0.4 is 25.6 Å². The second kappa shape index (κ2) is 12.2. The Labute approximate surface area is 269 Å². The van der Waals surface area contributed by atoms with Gasteiger partial charge in [0.25, 0.3) is 5.91 Å². The lowest BCUT2D eigenvalue weighted by molar-refractivity contribution is -0.139. The Kier molecular flexibility index (Phi) is 9.17. The first kappa shape index (κ1) is 34.6. The fourth-order valence-electron chi connectivity index (χ4n) is 7.02. The molecule has 0 bridgehead atoms. The Balaban J connectivity index is 1.93. The van der Waals surface area contributed by atoms with Gasteiger partial charge in [0.05, 0.1) is 36.4 Å². The number of nitrogens with one attached hydrogen (secondary N) is 3. The highest BCUT2D eigenvalue weighted by atomic mass is 16.5. The Hall–Kier alpha value is -4.23. The van der Waals surface area contributed by atoms with Crippen LogP contribution in [0.4, 0.5) is 11.4 Å². The summed E-state index contributed by atoms with van der Waals surface area (Å²) >= 11 is 0. The monoisotopic (exact) mass is 639 g/mol. The molecule has 0 radical (unpaired) electrons. The number of Topliss-reactive ketones (excluding diaryl/α,β-unsaturated/α-hetero) is 2. The number of hydrogen-bond donors (Lipinski definition) is 5. The summed E-state index contributed by atoms with van der Waals surface area (Å²) in [5, 5.41) is 31.5. The molecule has 13 heteroatoms. The number of carbonyl (C=O) groups excluding carboxylic acids is 5. The van der Waals surface area contributed by atoms with Crippen molar-refractivity contribution in [3.05, 3.63) is 34.1 Å². The Morgan fingerprint density at radius 1 is 1.11 bits per heavy atom.